The van der Waals surface area contributed by atoms with Gasteiger partial charge in [-0.3, -0.25) is 4.79 Å². The third kappa shape index (κ3) is 5.97. The highest BCUT2D eigenvalue weighted by Crippen LogP contribution is 2.35. The maximum atomic E-state index is 13.5. The molecule has 0 bridgehead atoms. The van der Waals surface area contributed by atoms with Crippen molar-refractivity contribution in [1.29, 1.82) is 0 Å². The monoisotopic (exact) mass is 403 g/mol. The third-order valence-corrected chi connectivity index (χ3v) is 3.94. The Morgan fingerprint density at radius 3 is 2.28 bits per heavy atom. The van der Waals surface area contributed by atoms with Crippen molar-refractivity contribution in [3.63, 3.8) is 0 Å². The van der Waals surface area contributed by atoms with Crippen LogP contribution in [0.1, 0.15) is 11.1 Å². The molecule has 0 spiro atoms. The number of aryl methyl sites for hydroxylation is 1. The zero-order valence-electron chi connectivity index (χ0n) is 16.6. The molecule has 0 fully saturated rings. The average Bonchev–Trinajstić information content (AvgIpc) is 2.72. The van der Waals surface area contributed by atoms with E-state index < -0.39 is 24.3 Å². The molecule has 0 atom stereocenters. The lowest BCUT2D eigenvalue weighted by Gasteiger charge is -2.12. The molecule has 0 radical (unpaired) electrons. The van der Waals surface area contributed by atoms with Crippen molar-refractivity contribution < 1.29 is 32.9 Å². The first-order chi connectivity index (χ1) is 13.9. The summed E-state index contributed by atoms with van der Waals surface area (Å²) in [5.41, 5.74) is 1.30. The van der Waals surface area contributed by atoms with Crippen molar-refractivity contribution in [3.05, 3.63) is 53.4 Å². The molecule has 154 valence electrons. The SMILES string of the molecule is COc1cc(OC)c(OC)cc1/C=C/C(=O)OCC(=O)Nc1ccc(C)c(F)c1. The van der Waals surface area contributed by atoms with E-state index in [4.69, 9.17) is 18.9 Å². The smallest absolute Gasteiger partial charge is 0.331 e. The molecule has 2 aromatic carbocycles. The summed E-state index contributed by atoms with van der Waals surface area (Å²) in [5, 5.41) is 2.45. The van der Waals surface area contributed by atoms with Crippen LogP contribution in [0.5, 0.6) is 17.2 Å². The molecule has 1 amide bonds. The number of halogens is 1. The molecule has 0 aromatic heterocycles. The standard InChI is InChI=1S/C21H22FNO6/c1-13-5-7-15(10-16(13)22)23-20(24)12-29-21(25)8-6-14-9-18(27-3)19(28-4)11-17(14)26-2/h5-11H,12H2,1-4H3,(H,23,24)/b8-6+. The van der Waals surface area contributed by atoms with Crippen LogP contribution in [-0.2, 0) is 14.3 Å². The average molecular weight is 403 g/mol. The first-order valence-electron chi connectivity index (χ1n) is 8.58. The number of benzene rings is 2. The summed E-state index contributed by atoms with van der Waals surface area (Å²) >= 11 is 0. The summed E-state index contributed by atoms with van der Waals surface area (Å²) in [6.45, 7) is 1.10. The van der Waals surface area contributed by atoms with Crippen molar-refractivity contribution >= 4 is 23.6 Å². The van der Waals surface area contributed by atoms with E-state index in [2.05, 4.69) is 5.32 Å². The molecule has 0 saturated carbocycles. The van der Waals surface area contributed by atoms with Gasteiger partial charge >= 0.3 is 5.97 Å². The number of hydrogen-bond acceptors (Lipinski definition) is 6. The number of hydrogen-bond donors (Lipinski definition) is 1. The lowest BCUT2D eigenvalue weighted by molar-refractivity contribution is -0.142. The van der Waals surface area contributed by atoms with Crippen LogP contribution in [0, 0.1) is 12.7 Å². The number of nitrogens with one attached hydrogen (secondary N) is 1. The van der Waals surface area contributed by atoms with Gasteiger partial charge in [0.05, 0.1) is 21.3 Å². The number of esters is 1. The summed E-state index contributed by atoms with van der Waals surface area (Å²) in [7, 11) is 4.47. The largest absolute Gasteiger partial charge is 0.496 e. The highest BCUT2D eigenvalue weighted by Gasteiger charge is 2.11. The molecule has 2 rings (SSSR count). The number of ether oxygens (including phenoxy) is 4. The molecule has 0 aliphatic carbocycles. The van der Waals surface area contributed by atoms with Gasteiger partial charge in [0.25, 0.3) is 5.91 Å². The minimum Gasteiger partial charge on any atom is -0.496 e. The van der Waals surface area contributed by atoms with Crippen molar-refractivity contribution in [1.82, 2.24) is 0 Å². The van der Waals surface area contributed by atoms with Gasteiger partial charge in [-0.2, -0.15) is 0 Å². The van der Waals surface area contributed by atoms with Gasteiger partial charge in [-0.05, 0) is 36.8 Å². The normalized spacial score (nSPS) is 10.5. The van der Waals surface area contributed by atoms with Gasteiger partial charge < -0.3 is 24.3 Å². The lowest BCUT2D eigenvalue weighted by Crippen LogP contribution is -2.20. The van der Waals surface area contributed by atoms with Crippen LogP contribution >= 0.6 is 0 Å². The van der Waals surface area contributed by atoms with E-state index in [1.165, 1.54) is 39.5 Å². The second-order valence-electron chi connectivity index (χ2n) is 5.90. The molecule has 0 saturated heterocycles. The van der Waals surface area contributed by atoms with Crippen LogP contribution in [0.15, 0.2) is 36.4 Å². The summed E-state index contributed by atoms with van der Waals surface area (Å²) in [4.78, 5) is 23.8. The van der Waals surface area contributed by atoms with Crippen molar-refractivity contribution in [2.24, 2.45) is 0 Å². The number of amides is 1. The number of carbonyl (C=O) groups excluding carboxylic acids is 2. The summed E-state index contributed by atoms with van der Waals surface area (Å²) < 4.78 is 34.1. The van der Waals surface area contributed by atoms with Crippen molar-refractivity contribution in [2.45, 2.75) is 6.92 Å². The number of methoxy groups -OCH3 is 3. The van der Waals surface area contributed by atoms with E-state index in [1.54, 1.807) is 25.1 Å². The fourth-order valence-corrected chi connectivity index (χ4v) is 2.39. The molecule has 0 aliphatic heterocycles. The predicted molar refractivity (Wildman–Crippen MR) is 106 cm³/mol. The fourth-order valence-electron chi connectivity index (χ4n) is 2.39. The van der Waals surface area contributed by atoms with E-state index in [-0.39, 0.29) is 5.69 Å². The topological polar surface area (TPSA) is 83.1 Å². The molecule has 0 unspecified atom stereocenters. The van der Waals surface area contributed by atoms with Crippen molar-refractivity contribution in [3.8, 4) is 17.2 Å². The van der Waals surface area contributed by atoms with Crippen LogP contribution < -0.4 is 19.5 Å². The Bertz CT molecular complexity index is 926. The summed E-state index contributed by atoms with van der Waals surface area (Å²) in [5.74, 6) is -0.345. The Kier molecular flexibility index (Phi) is 7.59. The van der Waals surface area contributed by atoms with E-state index >= 15 is 0 Å². The number of rotatable bonds is 8. The van der Waals surface area contributed by atoms with E-state index in [1.807, 2.05) is 0 Å². The third-order valence-electron chi connectivity index (χ3n) is 3.94. The van der Waals surface area contributed by atoms with Crippen LogP contribution in [0.2, 0.25) is 0 Å². The molecule has 0 aliphatic rings. The second-order valence-corrected chi connectivity index (χ2v) is 5.90. The maximum absolute atomic E-state index is 13.5. The Hall–Kier alpha value is -3.55. The molecule has 2 aromatic rings. The maximum Gasteiger partial charge on any atom is 0.331 e. The van der Waals surface area contributed by atoms with E-state index in [0.717, 1.165) is 6.08 Å². The summed E-state index contributed by atoms with van der Waals surface area (Å²) in [6, 6.07) is 7.55. The predicted octanol–water partition coefficient (Wildman–Crippen LogP) is 3.36. The first-order valence-corrected chi connectivity index (χ1v) is 8.58. The molecule has 1 N–H and O–H groups in total. The molecule has 29 heavy (non-hydrogen) atoms. The molecular formula is C21H22FNO6. The highest BCUT2D eigenvalue weighted by molar-refractivity contribution is 5.94. The first kappa shape index (κ1) is 21.7. The quantitative estimate of drug-likeness (QED) is 0.538. The number of anilines is 1. The summed E-state index contributed by atoms with van der Waals surface area (Å²) in [6.07, 6.45) is 2.62. The molecule has 0 heterocycles. The number of carbonyl (C=O) groups is 2. The van der Waals surface area contributed by atoms with E-state index in [0.29, 0.717) is 28.4 Å². The Labute approximate surface area is 168 Å². The van der Waals surface area contributed by atoms with Gasteiger partial charge in [-0.15, -0.1) is 0 Å². The molecular weight excluding hydrogens is 381 g/mol. The van der Waals surface area contributed by atoms with Gasteiger partial charge in [0, 0.05) is 23.4 Å². The Morgan fingerprint density at radius 1 is 1.00 bits per heavy atom. The minimum atomic E-state index is -0.730. The van der Waals surface area contributed by atoms with Gasteiger partial charge in [-0.1, -0.05) is 6.07 Å². The van der Waals surface area contributed by atoms with Crippen molar-refractivity contribution in [2.75, 3.05) is 33.3 Å². The zero-order chi connectivity index (χ0) is 21.4. The Morgan fingerprint density at radius 2 is 1.66 bits per heavy atom. The van der Waals surface area contributed by atoms with Crippen LogP contribution in [-0.4, -0.2) is 39.8 Å². The van der Waals surface area contributed by atoms with Crippen LogP contribution in [0.25, 0.3) is 6.08 Å². The van der Waals surface area contributed by atoms with Crippen LogP contribution in [0.3, 0.4) is 0 Å². The van der Waals surface area contributed by atoms with Gasteiger partial charge in [0.15, 0.2) is 18.1 Å². The van der Waals surface area contributed by atoms with Gasteiger partial charge in [0.2, 0.25) is 0 Å². The van der Waals surface area contributed by atoms with Gasteiger partial charge in [0.1, 0.15) is 11.6 Å². The van der Waals surface area contributed by atoms with E-state index in [9.17, 15) is 14.0 Å². The lowest BCUT2D eigenvalue weighted by atomic mass is 10.1. The minimum absolute atomic E-state index is 0.278. The molecule has 8 heteroatoms. The fraction of sp³-hybridized carbons (Fsp3) is 0.238. The second kappa shape index (κ2) is 10.1. The highest BCUT2D eigenvalue weighted by atomic mass is 19.1. The zero-order valence-corrected chi connectivity index (χ0v) is 16.6. The Balaban J connectivity index is 1.97. The van der Waals surface area contributed by atoms with Crippen LogP contribution in [0.4, 0.5) is 10.1 Å². The van der Waals surface area contributed by atoms with Gasteiger partial charge in [-0.25, -0.2) is 9.18 Å². The molecule has 7 nitrogen and oxygen atoms in total.